The molecule has 0 aliphatic rings. The molecule has 0 bridgehead atoms. The van der Waals surface area contributed by atoms with Gasteiger partial charge in [0.2, 0.25) is 5.91 Å². The first-order valence-electron chi connectivity index (χ1n) is 7.09. The number of hydrogen-bond donors (Lipinski definition) is 1. The van der Waals surface area contributed by atoms with Crippen molar-refractivity contribution in [1.82, 2.24) is 14.9 Å². The largest absolute Gasteiger partial charge is 0.496 e. The highest BCUT2D eigenvalue weighted by molar-refractivity contribution is 5.76. The van der Waals surface area contributed by atoms with Crippen LogP contribution < -0.4 is 15.7 Å². The molecule has 0 saturated carbocycles. The van der Waals surface area contributed by atoms with E-state index in [1.165, 1.54) is 10.8 Å². The summed E-state index contributed by atoms with van der Waals surface area (Å²) in [6.07, 6.45) is 3.66. The Morgan fingerprint density at radius 1 is 1.36 bits per heavy atom. The molecule has 116 valence electrons. The number of aromatic nitrogens is 2. The first-order chi connectivity index (χ1) is 10.7. The van der Waals surface area contributed by atoms with Gasteiger partial charge in [-0.05, 0) is 18.6 Å². The van der Waals surface area contributed by atoms with E-state index in [0.717, 1.165) is 11.3 Å². The monoisotopic (exact) mass is 301 g/mol. The van der Waals surface area contributed by atoms with E-state index in [1.807, 2.05) is 31.2 Å². The molecular formula is C16H19N3O3. The quantitative estimate of drug-likeness (QED) is 0.878. The lowest BCUT2D eigenvalue weighted by Gasteiger charge is -2.20. The number of para-hydroxylation sites is 1. The summed E-state index contributed by atoms with van der Waals surface area (Å²) in [6.45, 7) is 1.92. The normalized spacial score (nSPS) is 11.7. The number of nitrogens with zero attached hydrogens (tertiary/aromatic N) is 2. The van der Waals surface area contributed by atoms with Crippen LogP contribution in [0.15, 0.2) is 47.5 Å². The van der Waals surface area contributed by atoms with Crippen LogP contribution in [-0.2, 0) is 11.3 Å². The molecule has 0 spiro atoms. The van der Waals surface area contributed by atoms with Crippen molar-refractivity contribution in [2.24, 2.45) is 0 Å². The molecule has 0 fully saturated rings. The van der Waals surface area contributed by atoms with E-state index in [2.05, 4.69) is 10.3 Å². The van der Waals surface area contributed by atoms with Crippen molar-refractivity contribution in [2.45, 2.75) is 25.9 Å². The maximum absolute atomic E-state index is 12.2. The van der Waals surface area contributed by atoms with Gasteiger partial charge in [-0.1, -0.05) is 25.1 Å². The second-order valence-corrected chi connectivity index (χ2v) is 4.80. The zero-order valence-electron chi connectivity index (χ0n) is 12.7. The summed E-state index contributed by atoms with van der Waals surface area (Å²) < 4.78 is 6.60. The molecule has 0 aliphatic carbocycles. The molecule has 1 heterocycles. The topological polar surface area (TPSA) is 73.2 Å². The van der Waals surface area contributed by atoms with Gasteiger partial charge in [0.25, 0.3) is 0 Å². The number of benzene rings is 1. The van der Waals surface area contributed by atoms with Gasteiger partial charge in [-0.2, -0.15) is 0 Å². The molecule has 1 unspecified atom stereocenters. The highest BCUT2D eigenvalue weighted by atomic mass is 16.5. The fourth-order valence-electron chi connectivity index (χ4n) is 2.26. The van der Waals surface area contributed by atoms with Crippen LogP contribution in [0, 0.1) is 0 Å². The SMILES string of the molecule is CCC(NC(=O)Cn1cccnc1=O)c1ccccc1OC. The van der Waals surface area contributed by atoms with Gasteiger partial charge in [0.1, 0.15) is 12.3 Å². The number of amides is 1. The van der Waals surface area contributed by atoms with Crippen LogP contribution in [0.25, 0.3) is 0 Å². The maximum atomic E-state index is 12.2. The second-order valence-electron chi connectivity index (χ2n) is 4.80. The van der Waals surface area contributed by atoms with Gasteiger partial charge in [-0.25, -0.2) is 9.78 Å². The fraction of sp³-hybridized carbons (Fsp3) is 0.312. The number of ether oxygens (including phenoxy) is 1. The van der Waals surface area contributed by atoms with Crippen molar-refractivity contribution in [3.8, 4) is 5.75 Å². The molecule has 0 saturated heterocycles. The number of carbonyl (C=O) groups is 1. The van der Waals surface area contributed by atoms with E-state index >= 15 is 0 Å². The van der Waals surface area contributed by atoms with Crippen molar-refractivity contribution in [1.29, 1.82) is 0 Å². The summed E-state index contributed by atoms with van der Waals surface area (Å²) in [7, 11) is 1.60. The summed E-state index contributed by atoms with van der Waals surface area (Å²) in [5, 5.41) is 2.93. The first-order valence-corrected chi connectivity index (χ1v) is 7.09. The van der Waals surface area contributed by atoms with Gasteiger partial charge in [0, 0.05) is 18.0 Å². The Hall–Kier alpha value is -2.63. The van der Waals surface area contributed by atoms with E-state index in [1.54, 1.807) is 19.4 Å². The molecule has 2 aromatic rings. The fourth-order valence-corrected chi connectivity index (χ4v) is 2.26. The minimum Gasteiger partial charge on any atom is -0.496 e. The lowest BCUT2D eigenvalue weighted by molar-refractivity contribution is -0.122. The van der Waals surface area contributed by atoms with Crippen LogP contribution in [0.5, 0.6) is 5.75 Å². The zero-order chi connectivity index (χ0) is 15.9. The van der Waals surface area contributed by atoms with Crippen LogP contribution in [-0.4, -0.2) is 22.6 Å². The first kappa shape index (κ1) is 15.8. The van der Waals surface area contributed by atoms with Crippen LogP contribution in [0.3, 0.4) is 0 Å². The molecule has 1 aromatic heterocycles. The molecule has 1 aromatic carbocycles. The van der Waals surface area contributed by atoms with E-state index < -0.39 is 5.69 Å². The molecule has 22 heavy (non-hydrogen) atoms. The average Bonchev–Trinajstić information content (AvgIpc) is 2.55. The number of hydrogen-bond acceptors (Lipinski definition) is 4. The number of nitrogens with one attached hydrogen (secondary N) is 1. The van der Waals surface area contributed by atoms with Crippen molar-refractivity contribution >= 4 is 5.91 Å². The van der Waals surface area contributed by atoms with E-state index in [0.29, 0.717) is 6.42 Å². The standard InChI is InChI=1S/C16H19N3O3/c1-3-13(12-7-4-5-8-14(12)22-2)18-15(20)11-19-10-6-9-17-16(19)21/h4-10,13H,3,11H2,1-2H3,(H,18,20). The minimum atomic E-state index is -0.442. The van der Waals surface area contributed by atoms with Gasteiger partial charge >= 0.3 is 5.69 Å². The third kappa shape index (κ3) is 3.72. The van der Waals surface area contributed by atoms with E-state index in [-0.39, 0.29) is 18.5 Å². The predicted molar refractivity (Wildman–Crippen MR) is 82.7 cm³/mol. The van der Waals surface area contributed by atoms with Gasteiger partial charge < -0.3 is 10.1 Å². The molecule has 6 nitrogen and oxygen atoms in total. The third-order valence-corrected chi connectivity index (χ3v) is 3.35. The average molecular weight is 301 g/mol. The summed E-state index contributed by atoms with van der Waals surface area (Å²) in [5.41, 5.74) is 0.474. The Bertz CT molecular complexity index is 697. The van der Waals surface area contributed by atoms with Crippen LogP contribution in [0.1, 0.15) is 24.9 Å². The maximum Gasteiger partial charge on any atom is 0.347 e. The van der Waals surface area contributed by atoms with E-state index in [4.69, 9.17) is 4.74 Å². The molecule has 1 amide bonds. The Balaban J connectivity index is 2.12. The lowest BCUT2D eigenvalue weighted by Crippen LogP contribution is -2.35. The smallest absolute Gasteiger partial charge is 0.347 e. The minimum absolute atomic E-state index is 0.0572. The van der Waals surface area contributed by atoms with Gasteiger partial charge in [0.05, 0.1) is 13.2 Å². The van der Waals surface area contributed by atoms with Gasteiger partial charge in [-0.3, -0.25) is 9.36 Å². The zero-order valence-corrected chi connectivity index (χ0v) is 12.7. The lowest BCUT2D eigenvalue weighted by atomic mass is 10.0. The highest BCUT2D eigenvalue weighted by Gasteiger charge is 2.16. The summed E-state index contributed by atoms with van der Waals surface area (Å²) >= 11 is 0. The third-order valence-electron chi connectivity index (χ3n) is 3.35. The predicted octanol–water partition coefficient (Wildman–Crippen LogP) is 1.52. The Morgan fingerprint density at radius 2 is 2.14 bits per heavy atom. The Morgan fingerprint density at radius 3 is 2.82 bits per heavy atom. The van der Waals surface area contributed by atoms with Crippen molar-refractivity contribution < 1.29 is 9.53 Å². The number of carbonyl (C=O) groups excluding carboxylic acids is 1. The second kappa shape index (κ2) is 7.40. The molecule has 1 N–H and O–H groups in total. The Labute approximate surface area is 128 Å². The summed E-state index contributed by atoms with van der Waals surface area (Å²) in [4.78, 5) is 27.3. The summed E-state index contributed by atoms with van der Waals surface area (Å²) in [6, 6.07) is 9.01. The Kier molecular flexibility index (Phi) is 5.30. The molecular weight excluding hydrogens is 282 g/mol. The number of methoxy groups -OCH3 is 1. The van der Waals surface area contributed by atoms with Gasteiger partial charge in [-0.15, -0.1) is 0 Å². The molecule has 0 aliphatic heterocycles. The molecule has 6 heteroatoms. The molecule has 2 rings (SSSR count). The highest BCUT2D eigenvalue weighted by Crippen LogP contribution is 2.26. The number of rotatable bonds is 6. The van der Waals surface area contributed by atoms with Crippen LogP contribution in [0.4, 0.5) is 0 Å². The summed E-state index contributed by atoms with van der Waals surface area (Å²) in [5.74, 6) is 0.487. The molecule has 1 atom stereocenters. The van der Waals surface area contributed by atoms with Crippen molar-refractivity contribution in [3.05, 3.63) is 58.8 Å². The van der Waals surface area contributed by atoms with E-state index in [9.17, 15) is 9.59 Å². The van der Waals surface area contributed by atoms with Crippen LogP contribution >= 0.6 is 0 Å². The van der Waals surface area contributed by atoms with Crippen molar-refractivity contribution in [2.75, 3.05) is 7.11 Å². The van der Waals surface area contributed by atoms with Gasteiger partial charge in [0.15, 0.2) is 0 Å². The molecule has 0 radical (unpaired) electrons. The van der Waals surface area contributed by atoms with Crippen LogP contribution in [0.2, 0.25) is 0 Å². The van der Waals surface area contributed by atoms with Crippen molar-refractivity contribution in [3.63, 3.8) is 0 Å².